The third-order valence-electron chi connectivity index (χ3n) is 7.08. The molecule has 8 nitrogen and oxygen atoms in total. The minimum atomic E-state index is -0.570. The first kappa shape index (κ1) is 21.3. The van der Waals surface area contributed by atoms with E-state index in [2.05, 4.69) is 39.2 Å². The molecule has 0 radical (unpaired) electrons. The van der Waals surface area contributed by atoms with E-state index >= 15 is 0 Å². The summed E-state index contributed by atoms with van der Waals surface area (Å²) in [6.07, 6.45) is 7.16. The molecule has 33 heavy (non-hydrogen) atoms. The summed E-state index contributed by atoms with van der Waals surface area (Å²) in [6.45, 7) is 4.58. The maximum Gasteiger partial charge on any atom is 0.158 e. The quantitative estimate of drug-likeness (QED) is 0.630. The number of anilines is 1. The van der Waals surface area contributed by atoms with Crippen LogP contribution in [0.5, 0.6) is 5.75 Å². The number of fused-ring (bicyclic) bond motifs is 2. The maximum absolute atomic E-state index is 14.8. The number of phenolic OH excluding ortho intramolecular Hbond substituents is 1. The number of nitrogens with one attached hydrogen (secondary N) is 1. The molecule has 2 saturated heterocycles. The topological polar surface area (TPSA) is 103 Å². The highest BCUT2D eigenvalue weighted by Crippen LogP contribution is 2.43. The number of halogens is 1. The molecule has 4 heterocycles. The van der Waals surface area contributed by atoms with Gasteiger partial charge in [0, 0.05) is 42.0 Å². The van der Waals surface area contributed by atoms with Crippen LogP contribution >= 0.6 is 0 Å². The van der Waals surface area contributed by atoms with E-state index in [1.165, 1.54) is 42.1 Å². The van der Waals surface area contributed by atoms with Gasteiger partial charge in [0.15, 0.2) is 11.5 Å². The molecule has 3 atom stereocenters. The van der Waals surface area contributed by atoms with Gasteiger partial charge in [-0.25, -0.2) is 9.37 Å². The van der Waals surface area contributed by atoms with Gasteiger partial charge in [-0.3, -0.25) is 0 Å². The van der Waals surface area contributed by atoms with E-state index in [1.807, 2.05) is 19.2 Å². The van der Waals surface area contributed by atoms with Crippen LogP contribution in [-0.2, 0) is 0 Å². The van der Waals surface area contributed by atoms with Gasteiger partial charge in [0.1, 0.15) is 24.0 Å². The van der Waals surface area contributed by atoms with Crippen LogP contribution in [0.4, 0.5) is 10.2 Å². The van der Waals surface area contributed by atoms with Crippen LogP contribution in [0, 0.1) is 17.1 Å². The number of hydrogen-bond acceptors (Lipinski definition) is 7. The van der Waals surface area contributed by atoms with Crippen molar-refractivity contribution in [3.8, 4) is 28.8 Å². The average Bonchev–Trinajstić information content (AvgIpc) is 3.35. The molecule has 2 N–H and O–H groups in total. The third-order valence-corrected chi connectivity index (χ3v) is 7.08. The van der Waals surface area contributed by atoms with Crippen LogP contribution in [-0.4, -0.2) is 49.0 Å². The molecular formula is C24H26FN7O. The highest BCUT2D eigenvalue weighted by Gasteiger charge is 2.49. The van der Waals surface area contributed by atoms with Crippen LogP contribution in [0.1, 0.15) is 45.2 Å². The second-order valence-electron chi connectivity index (χ2n) is 9.79. The van der Waals surface area contributed by atoms with Crippen molar-refractivity contribution in [3.63, 3.8) is 0 Å². The van der Waals surface area contributed by atoms with Gasteiger partial charge < -0.3 is 19.9 Å². The third kappa shape index (κ3) is 3.80. The van der Waals surface area contributed by atoms with Crippen LogP contribution in [0.3, 0.4) is 0 Å². The van der Waals surface area contributed by atoms with E-state index in [9.17, 15) is 9.50 Å². The molecule has 170 valence electrons. The van der Waals surface area contributed by atoms with Crippen molar-refractivity contribution in [2.75, 3.05) is 11.9 Å². The highest BCUT2D eigenvalue weighted by atomic mass is 19.1. The predicted octanol–water partition coefficient (Wildman–Crippen LogP) is 3.55. The zero-order chi connectivity index (χ0) is 23.4. The van der Waals surface area contributed by atoms with E-state index in [0.717, 1.165) is 18.7 Å². The van der Waals surface area contributed by atoms with Crippen molar-refractivity contribution in [2.24, 2.45) is 0 Å². The largest absolute Gasteiger partial charge is 0.507 e. The molecular weight excluding hydrogens is 421 g/mol. The van der Waals surface area contributed by atoms with Gasteiger partial charge in [-0.15, -0.1) is 10.2 Å². The molecule has 2 fully saturated rings. The van der Waals surface area contributed by atoms with Crippen molar-refractivity contribution in [3.05, 3.63) is 48.3 Å². The molecule has 0 saturated carbocycles. The zero-order valence-corrected chi connectivity index (χ0v) is 18.9. The number of nitrogens with zero attached hydrogens (tertiary/aromatic N) is 6. The van der Waals surface area contributed by atoms with Crippen molar-refractivity contribution in [1.82, 2.24) is 25.1 Å². The summed E-state index contributed by atoms with van der Waals surface area (Å²) >= 11 is 0. The van der Waals surface area contributed by atoms with E-state index in [0.29, 0.717) is 11.7 Å². The molecule has 2 aromatic heterocycles. The van der Waals surface area contributed by atoms with E-state index < -0.39 is 5.82 Å². The molecule has 0 amide bonds. The Morgan fingerprint density at radius 3 is 2.55 bits per heavy atom. The van der Waals surface area contributed by atoms with Crippen molar-refractivity contribution in [1.29, 1.82) is 5.26 Å². The maximum atomic E-state index is 14.8. The van der Waals surface area contributed by atoms with E-state index in [-0.39, 0.29) is 33.8 Å². The van der Waals surface area contributed by atoms with Gasteiger partial charge in [0.2, 0.25) is 0 Å². The average molecular weight is 448 g/mol. The first-order valence-corrected chi connectivity index (χ1v) is 11.0. The fourth-order valence-electron chi connectivity index (χ4n) is 5.41. The Morgan fingerprint density at radius 2 is 1.94 bits per heavy atom. The molecule has 1 aromatic carbocycles. The summed E-state index contributed by atoms with van der Waals surface area (Å²) in [5.41, 5.74) is 1.17. The van der Waals surface area contributed by atoms with Gasteiger partial charge in [0.25, 0.3) is 0 Å². The second-order valence-corrected chi connectivity index (χ2v) is 9.79. The molecule has 0 spiro atoms. The summed E-state index contributed by atoms with van der Waals surface area (Å²) in [4.78, 5) is 6.05. The summed E-state index contributed by atoms with van der Waals surface area (Å²) in [5.74, 6) is 0.0421. The van der Waals surface area contributed by atoms with Crippen molar-refractivity contribution >= 4 is 5.82 Å². The predicted molar refractivity (Wildman–Crippen MR) is 122 cm³/mol. The fraction of sp³-hybridized carbons (Fsp3) is 0.417. The summed E-state index contributed by atoms with van der Waals surface area (Å²) < 4.78 is 16.2. The smallest absolute Gasteiger partial charge is 0.158 e. The van der Waals surface area contributed by atoms with Crippen molar-refractivity contribution in [2.45, 2.75) is 56.7 Å². The SMILES string of the molecule is CN(c1ccc(-c2cc(F)c(-n3cnc(C#N)c3)cc2O)nn1)[C@H]1C[C@]2(C)CC[C@](C)(C1)N2. The van der Waals surface area contributed by atoms with Gasteiger partial charge >= 0.3 is 0 Å². The minimum Gasteiger partial charge on any atom is -0.507 e. The summed E-state index contributed by atoms with van der Waals surface area (Å²) in [7, 11) is 2.04. The molecule has 0 unspecified atom stereocenters. The summed E-state index contributed by atoms with van der Waals surface area (Å²) in [5, 5.41) is 31.9. The van der Waals surface area contributed by atoms with E-state index in [4.69, 9.17) is 5.26 Å². The number of aromatic hydroxyl groups is 1. The molecule has 9 heteroatoms. The van der Waals surface area contributed by atoms with Gasteiger partial charge in [-0.2, -0.15) is 5.26 Å². The lowest BCUT2D eigenvalue weighted by Gasteiger charge is -2.45. The number of phenols is 1. The number of hydrogen-bond donors (Lipinski definition) is 2. The lowest BCUT2D eigenvalue weighted by Crippen LogP contribution is -2.58. The first-order valence-electron chi connectivity index (χ1n) is 11.0. The minimum absolute atomic E-state index is 0.0945. The lowest BCUT2D eigenvalue weighted by molar-refractivity contribution is 0.207. The Balaban J connectivity index is 1.38. The van der Waals surface area contributed by atoms with Gasteiger partial charge in [0.05, 0.1) is 11.4 Å². The Morgan fingerprint density at radius 1 is 1.21 bits per heavy atom. The molecule has 2 aliphatic rings. The Hall–Kier alpha value is -3.51. The molecule has 3 aromatic rings. The zero-order valence-electron chi connectivity index (χ0n) is 18.9. The molecule has 2 bridgehead atoms. The molecule has 2 aliphatic heterocycles. The number of nitriles is 1. The van der Waals surface area contributed by atoms with Crippen LogP contribution in [0.15, 0.2) is 36.8 Å². The van der Waals surface area contributed by atoms with Crippen molar-refractivity contribution < 1.29 is 9.50 Å². The number of aromatic nitrogens is 4. The first-order chi connectivity index (χ1) is 15.7. The van der Waals surface area contributed by atoms with Crippen LogP contribution in [0.25, 0.3) is 16.9 Å². The Kier molecular flexibility index (Phi) is 4.87. The molecule has 0 aliphatic carbocycles. The van der Waals surface area contributed by atoms with Gasteiger partial charge in [-0.1, -0.05) is 0 Å². The monoisotopic (exact) mass is 447 g/mol. The number of benzene rings is 1. The van der Waals surface area contributed by atoms with E-state index in [1.54, 1.807) is 6.07 Å². The normalized spacial score (nSPS) is 26.2. The Bertz CT molecular complexity index is 1230. The summed E-state index contributed by atoms with van der Waals surface area (Å²) in [6, 6.07) is 8.36. The fourth-order valence-corrected chi connectivity index (χ4v) is 5.41. The lowest BCUT2D eigenvalue weighted by atomic mass is 9.84. The highest BCUT2D eigenvalue weighted by molar-refractivity contribution is 5.69. The number of piperidine rings is 1. The number of imidazole rings is 1. The van der Waals surface area contributed by atoms with Crippen LogP contribution in [0.2, 0.25) is 0 Å². The van der Waals surface area contributed by atoms with Gasteiger partial charge in [-0.05, 0) is 57.7 Å². The second kappa shape index (κ2) is 7.52. The standard InChI is InChI=1S/C24H26FN7O/c1-23-6-7-24(2,30-23)11-16(10-23)31(3)22-5-4-19(28-29-22)17-8-18(25)20(9-21(17)33)32-13-15(12-26)27-14-32/h4-5,8-9,13-14,16,30,33H,6-7,10-11H2,1-3H3/t16-,23-,24+. The van der Waals surface area contributed by atoms with Crippen LogP contribution < -0.4 is 10.2 Å². The number of rotatable bonds is 4. The molecule has 5 rings (SSSR count). The Labute approximate surface area is 191 Å².